The number of fused-ring (bicyclic) bond motifs is 2. The quantitative estimate of drug-likeness (QED) is 0.391. The van der Waals surface area contributed by atoms with E-state index in [0.717, 1.165) is 24.2 Å². The molecule has 0 amide bonds. The average molecular weight is 456 g/mol. The second-order valence-electron chi connectivity index (χ2n) is 8.12. The zero-order valence-corrected chi connectivity index (χ0v) is 18.7. The van der Waals surface area contributed by atoms with Gasteiger partial charge in [0.05, 0.1) is 29.6 Å². The lowest BCUT2D eigenvalue weighted by Crippen LogP contribution is -2.29. The standard InChI is InChI=1S/C22H25N5O4S/c1-32(28,29)13-5-12-30-21-7-6-20-24-15-18(27(20)25-21)19-14-16-17(8-9-23-22(16)31-19)26-10-3-2-4-11-26/h6-9,14-15H,2-5,10-13H2,1H3. The van der Waals surface area contributed by atoms with Gasteiger partial charge >= 0.3 is 0 Å². The molecule has 0 aromatic carbocycles. The molecule has 0 N–H and O–H groups in total. The Hall–Kier alpha value is -3.14. The van der Waals surface area contributed by atoms with Crippen LogP contribution >= 0.6 is 0 Å². The summed E-state index contributed by atoms with van der Waals surface area (Å²) in [4.78, 5) is 11.2. The van der Waals surface area contributed by atoms with E-state index in [2.05, 4.69) is 20.0 Å². The van der Waals surface area contributed by atoms with Gasteiger partial charge in [0, 0.05) is 31.6 Å². The topological polar surface area (TPSA) is 103 Å². The number of furan rings is 1. The second kappa shape index (κ2) is 8.42. The minimum absolute atomic E-state index is 0.0803. The molecule has 5 rings (SSSR count). The van der Waals surface area contributed by atoms with Crippen molar-refractivity contribution in [1.29, 1.82) is 0 Å². The molecular formula is C22H25N5O4S. The highest BCUT2D eigenvalue weighted by molar-refractivity contribution is 7.90. The van der Waals surface area contributed by atoms with Crippen LogP contribution in [0, 0.1) is 0 Å². The van der Waals surface area contributed by atoms with E-state index in [9.17, 15) is 8.42 Å². The number of ether oxygens (including phenoxy) is 1. The summed E-state index contributed by atoms with van der Waals surface area (Å²) in [5, 5.41) is 5.50. The van der Waals surface area contributed by atoms with Crippen molar-refractivity contribution >= 4 is 32.3 Å². The summed E-state index contributed by atoms with van der Waals surface area (Å²) >= 11 is 0. The SMILES string of the molecule is CS(=O)(=O)CCCOc1ccc2ncc(-c3cc4c(N5CCCCC5)ccnc4o3)n2n1. The predicted molar refractivity (Wildman–Crippen MR) is 122 cm³/mol. The number of sulfone groups is 1. The van der Waals surface area contributed by atoms with E-state index < -0.39 is 9.84 Å². The number of rotatable bonds is 7. The van der Waals surface area contributed by atoms with Crippen molar-refractivity contribution in [3.05, 3.63) is 36.7 Å². The number of imidazole rings is 1. The Morgan fingerprint density at radius 1 is 1.12 bits per heavy atom. The summed E-state index contributed by atoms with van der Waals surface area (Å²) in [5.74, 6) is 1.11. The maximum Gasteiger partial charge on any atom is 0.231 e. The molecule has 5 heterocycles. The fourth-order valence-corrected chi connectivity index (χ4v) is 4.70. The Morgan fingerprint density at radius 3 is 2.78 bits per heavy atom. The molecule has 0 unspecified atom stereocenters. The summed E-state index contributed by atoms with van der Waals surface area (Å²) in [5.41, 5.74) is 3.09. The molecule has 10 heteroatoms. The molecule has 168 valence electrons. The highest BCUT2D eigenvalue weighted by Crippen LogP contribution is 2.34. The number of hydrogen-bond acceptors (Lipinski definition) is 8. The Labute approximate surface area is 185 Å². The summed E-state index contributed by atoms with van der Waals surface area (Å²) < 4.78 is 36.0. The first-order valence-corrected chi connectivity index (χ1v) is 12.8. The van der Waals surface area contributed by atoms with Gasteiger partial charge in [-0.1, -0.05) is 0 Å². The van der Waals surface area contributed by atoms with Gasteiger partial charge in [-0.25, -0.2) is 22.9 Å². The summed E-state index contributed by atoms with van der Waals surface area (Å²) in [7, 11) is -3.01. The van der Waals surface area contributed by atoms with Gasteiger partial charge < -0.3 is 14.1 Å². The van der Waals surface area contributed by atoms with Crippen LogP contribution in [0.5, 0.6) is 5.88 Å². The van der Waals surface area contributed by atoms with Crippen molar-refractivity contribution in [2.45, 2.75) is 25.7 Å². The molecule has 0 spiro atoms. The minimum atomic E-state index is -3.01. The van der Waals surface area contributed by atoms with Crippen molar-refractivity contribution < 1.29 is 17.6 Å². The normalized spacial score (nSPS) is 15.0. The largest absolute Gasteiger partial charge is 0.477 e. The summed E-state index contributed by atoms with van der Waals surface area (Å²) in [6, 6.07) is 7.57. The molecule has 0 bridgehead atoms. The second-order valence-corrected chi connectivity index (χ2v) is 10.4. The third-order valence-corrected chi connectivity index (χ3v) is 6.64. The zero-order chi connectivity index (χ0) is 22.1. The monoisotopic (exact) mass is 455 g/mol. The van der Waals surface area contributed by atoms with Crippen LogP contribution in [0.1, 0.15) is 25.7 Å². The predicted octanol–water partition coefficient (Wildman–Crippen LogP) is 3.34. The summed E-state index contributed by atoms with van der Waals surface area (Å²) in [6.07, 6.45) is 8.78. The lowest BCUT2D eigenvalue weighted by Gasteiger charge is -2.28. The van der Waals surface area contributed by atoms with Crippen molar-refractivity contribution in [1.82, 2.24) is 19.6 Å². The molecule has 0 radical (unpaired) electrons. The fraction of sp³-hybridized carbons (Fsp3) is 0.409. The molecule has 4 aromatic rings. The molecule has 1 saturated heterocycles. The lowest BCUT2D eigenvalue weighted by molar-refractivity contribution is 0.301. The molecule has 9 nitrogen and oxygen atoms in total. The Balaban J connectivity index is 1.44. The highest BCUT2D eigenvalue weighted by Gasteiger charge is 2.19. The van der Waals surface area contributed by atoms with Gasteiger partial charge in [0.25, 0.3) is 0 Å². The van der Waals surface area contributed by atoms with Crippen LogP contribution in [0.15, 0.2) is 41.1 Å². The fourth-order valence-electron chi connectivity index (χ4n) is 4.06. The van der Waals surface area contributed by atoms with Crippen molar-refractivity contribution in [2.75, 3.05) is 36.6 Å². The molecule has 0 atom stereocenters. The van der Waals surface area contributed by atoms with Crippen LogP contribution in [0.4, 0.5) is 5.69 Å². The van der Waals surface area contributed by atoms with Gasteiger partial charge in [-0.05, 0) is 43.9 Å². The van der Waals surface area contributed by atoms with E-state index in [4.69, 9.17) is 9.15 Å². The molecule has 0 saturated carbocycles. The highest BCUT2D eigenvalue weighted by atomic mass is 32.2. The number of anilines is 1. The van der Waals surface area contributed by atoms with E-state index in [0.29, 0.717) is 35.1 Å². The van der Waals surface area contributed by atoms with Crippen molar-refractivity contribution in [2.24, 2.45) is 0 Å². The molecular weight excluding hydrogens is 430 g/mol. The molecule has 1 fully saturated rings. The maximum absolute atomic E-state index is 11.3. The van der Waals surface area contributed by atoms with Gasteiger partial charge in [0.2, 0.25) is 11.6 Å². The summed E-state index contributed by atoms with van der Waals surface area (Å²) in [6.45, 7) is 2.34. The molecule has 32 heavy (non-hydrogen) atoms. The van der Waals surface area contributed by atoms with Gasteiger partial charge in [0.15, 0.2) is 11.4 Å². The molecule has 0 aliphatic carbocycles. The number of pyridine rings is 1. The number of aromatic nitrogens is 4. The maximum atomic E-state index is 11.3. The first kappa shape index (κ1) is 20.7. The van der Waals surface area contributed by atoms with Crippen LogP contribution in [0.25, 0.3) is 28.2 Å². The number of nitrogens with zero attached hydrogens (tertiary/aromatic N) is 5. The first-order chi connectivity index (χ1) is 15.5. The van der Waals surface area contributed by atoms with E-state index >= 15 is 0 Å². The Morgan fingerprint density at radius 2 is 1.97 bits per heavy atom. The van der Waals surface area contributed by atoms with Gasteiger partial charge in [-0.3, -0.25) is 0 Å². The van der Waals surface area contributed by atoms with Crippen LogP contribution in [-0.2, 0) is 9.84 Å². The van der Waals surface area contributed by atoms with E-state index in [1.165, 1.54) is 25.5 Å². The number of hydrogen-bond donors (Lipinski definition) is 0. The van der Waals surface area contributed by atoms with Gasteiger partial charge in [-0.15, -0.1) is 5.10 Å². The number of piperidine rings is 1. The van der Waals surface area contributed by atoms with Crippen LogP contribution in [-0.4, -0.2) is 59.7 Å². The third-order valence-electron chi connectivity index (χ3n) is 5.61. The van der Waals surface area contributed by atoms with E-state index in [1.807, 2.05) is 18.2 Å². The van der Waals surface area contributed by atoms with Crippen molar-refractivity contribution in [3.8, 4) is 17.3 Å². The lowest BCUT2D eigenvalue weighted by atomic mass is 10.1. The zero-order valence-electron chi connectivity index (χ0n) is 17.9. The first-order valence-electron chi connectivity index (χ1n) is 10.8. The Bertz CT molecular complexity index is 1360. The Kier molecular flexibility index (Phi) is 5.46. The van der Waals surface area contributed by atoms with Crippen LogP contribution in [0.2, 0.25) is 0 Å². The van der Waals surface area contributed by atoms with E-state index in [-0.39, 0.29) is 12.4 Å². The van der Waals surface area contributed by atoms with Gasteiger partial charge in [0.1, 0.15) is 15.5 Å². The average Bonchev–Trinajstić information content (AvgIpc) is 3.40. The molecule has 4 aromatic heterocycles. The van der Waals surface area contributed by atoms with Crippen molar-refractivity contribution in [3.63, 3.8) is 0 Å². The third kappa shape index (κ3) is 4.27. The van der Waals surface area contributed by atoms with Gasteiger partial charge in [-0.2, -0.15) is 0 Å². The smallest absolute Gasteiger partial charge is 0.231 e. The van der Waals surface area contributed by atoms with E-state index in [1.54, 1.807) is 23.0 Å². The molecule has 1 aliphatic heterocycles. The minimum Gasteiger partial charge on any atom is -0.477 e. The molecule has 1 aliphatic rings. The van der Waals surface area contributed by atoms with Crippen LogP contribution < -0.4 is 9.64 Å². The van der Waals surface area contributed by atoms with Crippen LogP contribution in [0.3, 0.4) is 0 Å².